The van der Waals surface area contributed by atoms with Crippen molar-refractivity contribution in [3.8, 4) is 0 Å². The van der Waals surface area contributed by atoms with Crippen molar-refractivity contribution in [1.29, 1.82) is 0 Å². The van der Waals surface area contributed by atoms with Crippen LogP contribution in [0.1, 0.15) is 31.1 Å². The molecule has 0 saturated heterocycles. The van der Waals surface area contributed by atoms with Gasteiger partial charge in [-0.3, -0.25) is 9.52 Å². The van der Waals surface area contributed by atoms with E-state index in [0.29, 0.717) is 28.6 Å². The van der Waals surface area contributed by atoms with Crippen LogP contribution < -0.4 is 4.72 Å². The van der Waals surface area contributed by atoms with E-state index in [1.807, 2.05) is 0 Å². The number of aromatic nitrogens is 1. The number of rotatable bonds is 6. The molecule has 1 saturated carbocycles. The molecule has 0 radical (unpaired) electrons. The molecular formula is C13H14N2O5S. The van der Waals surface area contributed by atoms with E-state index in [4.69, 9.17) is 9.52 Å². The summed E-state index contributed by atoms with van der Waals surface area (Å²) in [6, 6.07) is 4.81. The third kappa shape index (κ3) is 3.33. The lowest BCUT2D eigenvalue weighted by molar-refractivity contribution is -0.136. The number of fused-ring (bicyclic) bond motifs is 1. The highest BCUT2D eigenvalue weighted by Gasteiger charge is 2.28. The van der Waals surface area contributed by atoms with Crippen molar-refractivity contribution < 1.29 is 22.7 Å². The molecule has 1 aromatic heterocycles. The monoisotopic (exact) mass is 310 g/mol. The van der Waals surface area contributed by atoms with E-state index in [2.05, 4.69) is 9.71 Å². The Morgan fingerprint density at radius 1 is 1.43 bits per heavy atom. The Kier molecular flexibility index (Phi) is 3.32. The summed E-state index contributed by atoms with van der Waals surface area (Å²) in [5, 5.41) is 8.53. The molecule has 0 amide bonds. The van der Waals surface area contributed by atoms with Crippen LogP contribution >= 0.6 is 0 Å². The molecule has 8 heteroatoms. The van der Waals surface area contributed by atoms with Gasteiger partial charge in [0, 0.05) is 5.92 Å². The van der Waals surface area contributed by atoms with Gasteiger partial charge in [-0.1, -0.05) is 0 Å². The smallest absolute Gasteiger partial charge is 0.304 e. The molecule has 1 aliphatic carbocycles. The van der Waals surface area contributed by atoms with E-state index in [9.17, 15) is 13.2 Å². The lowest BCUT2D eigenvalue weighted by atomic mass is 10.3. The summed E-state index contributed by atoms with van der Waals surface area (Å²) < 4.78 is 31.4. The first-order valence-corrected chi connectivity index (χ1v) is 8.21. The number of oxazole rings is 1. The predicted octanol–water partition coefficient (Wildman–Crippen LogP) is 1.92. The summed E-state index contributed by atoms with van der Waals surface area (Å²) in [4.78, 5) is 14.8. The van der Waals surface area contributed by atoms with Crippen molar-refractivity contribution in [3.63, 3.8) is 0 Å². The second-order valence-corrected chi connectivity index (χ2v) is 6.92. The predicted molar refractivity (Wildman–Crippen MR) is 75.6 cm³/mol. The minimum absolute atomic E-state index is 0.350. The Morgan fingerprint density at radius 2 is 2.19 bits per heavy atom. The van der Waals surface area contributed by atoms with Crippen molar-refractivity contribution in [1.82, 2.24) is 4.98 Å². The second-order valence-electron chi connectivity index (χ2n) is 5.07. The summed E-state index contributed by atoms with van der Waals surface area (Å²) in [6.07, 6.45) is 1.70. The van der Waals surface area contributed by atoms with Crippen LogP contribution in [0.2, 0.25) is 0 Å². The van der Waals surface area contributed by atoms with E-state index in [1.165, 1.54) is 0 Å². The Hall–Kier alpha value is -2.09. The van der Waals surface area contributed by atoms with Crippen LogP contribution in [-0.2, 0) is 14.8 Å². The highest BCUT2D eigenvalue weighted by atomic mass is 32.2. The third-order valence-corrected chi connectivity index (χ3v) is 4.48. The van der Waals surface area contributed by atoms with E-state index in [0.717, 1.165) is 12.8 Å². The molecule has 0 aliphatic heterocycles. The highest BCUT2D eigenvalue weighted by molar-refractivity contribution is 7.92. The zero-order valence-corrected chi connectivity index (χ0v) is 11.9. The van der Waals surface area contributed by atoms with Gasteiger partial charge in [0.05, 0.1) is 17.9 Å². The van der Waals surface area contributed by atoms with Crippen molar-refractivity contribution >= 4 is 32.8 Å². The van der Waals surface area contributed by atoms with Gasteiger partial charge in [0.15, 0.2) is 11.5 Å². The van der Waals surface area contributed by atoms with Crippen molar-refractivity contribution in [2.45, 2.75) is 25.2 Å². The topological polar surface area (TPSA) is 110 Å². The van der Waals surface area contributed by atoms with Crippen LogP contribution in [-0.4, -0.2) is 30.2 Å². The van der Waals surface area contributed by atoms with Crippen LogP contribution in [0.4, 0.5) is 5.69 Å². The number of anilines is 1. The first-order valence-electron chi connectivity index (χ1n) is 6.56. The maximum Gasteiger partial charge on any atom is 0.304 e. The van der Waals surface area contributed by atoms with E-state index in [1.54, 1.807) is 18.2 Å². The number of carboxylic acids is 1. The van der Waals surface area contributed by atoms with E-state index in [-0.39, 0.29) is 0 Å². The third-order valence-electron chi connectivity index (χ3n) is 3.19. The molecule has 1 fully saturated rings. The fraction of sp³-hybridized carbons (Fsp3) is 0.385. The summed E-state index contributed by atoms with van der Waals surface area (Å²) in [5.74, 6) is -0.544. The van der Waals surface area contributed by atoms with E-state index < -0.39 is 28.2 Å². The highest BCUT2D eigenvalue weighted by Crippen LogP contribution is 2.40. The lowest BCUT2D eigenvalue weighted by Crippen LogP contribution is -2.18. The maximum absolute atomic E-state index is 11.7. The standard InChI is InChI=1S/C13H14N2O5S/c16-12(17)5-6-21(18,19)15-9-3-4-11-10(7-9)14-13(20-11)8-1-2-8/h3-4,7-8,15H,1-2,5-6H2,(H,16,17). The van der Waals surface area contributed by atoms with Gasteiger partial charge < -0.3 is 9.52 Å². The van der Waals surface area contributed by atoms with Crippen LogP contribution in [0.5, 0.6) is 0 Å². The molecule has 112 valence electrons. The molecule has 7 nitrogen and oxygen atoms in total. The average molecular weight is 310 g/mol. The molecule has 1 aliphatic rings. The van der Waals surface area contributed by atoms with Crippen LogP contribution in [0.25, 0.3) is 11.1 Å². The maximum atomic E-state index is 11.7. The number of nitrogens with one attached hydrogen (secondary N) is 1. The first kappa shape index (κ1) is 13.9. The molecule has 0 bridgehead atoms. The molecule has 2 N–H and O–H groups in total. The largest absolute Gasteiger partial charge is 0.481 e. The Balaban J connectivity index is 1.78. The Morgan fingerprint density at radius 3 is 2.86 bits per heavy atom. The van der Waals surface area contributed by atoms with Gasteiger partial charge in [0.1, 0.15) is 5.52 Å². The number of nitrogens with zero attached hydrogens (tertiary/aromatic N) is 1. The molecule has 0 unspecified atom stereocenters. The van der Waals surface area contributed by atoms with Crippen molar-refractivity contribution in [2.24, 2.45) is 0 Å². The first-order chi connectivity index (χ1) is 9.93. The quantitative estimate of drug-likeness (QED) is 0.843. The normalized spacial score (nSPS) is 15.2. The van der Waals surface area contributed by atoms with Crippen molar-refractivity contribution in [2.75, 3.05) is 10.5 Å². The summed E-state index contributed by atoms with van der Waals surface area (Å²) in [7, 11) is -3.68. The summed E-state index contributed by atoms with van der Waals surface area (Å²) >= 11 is 0. The van der Waals surface area contributed by atoms with E-state index >= 15 is 0 Å². The molecule has 1 heterocycles. The van der Waals surface area contributed by atoms with Gasteiger partial charge in [0.25, 0.3) is 0 Å². The molecule has 1 aromatic carbocycles. The Labute approximate surface area is 121 Å². The minimum atomic E-state index is -3.68. The molecule has 0 spiro atoms. The van der Waals surface area contributed by atoms with Crippen LogP contribution in [0.15, 0.2) is 22.6 Å². The number of carboxylic acid groups (broad SMARTS) is 1. The lowest BCUT2D eigenvalue weighted by Gasteiger charge is -2.06. The van der Waals surface area contributed by atoms with Gasteiger partial charge in [-0.2, -0.15) is 0 Å². The van der Waals surface area contributed by atoms with Crippen LogP contribution in [0, 0.1) is 0 Å². The summed E-state index contributed by atoms with van der Waals surface area (Å²) in [5.41, 5.74) is 1.56. The second kappa shape index (κ2) is 5.03. The Bertz CT molecular complexity index is 792. The fourth-order valence-corrected chi connectivity index (χ4v) is 3.00. The molecule has 0 atom stereocenters. The van der Waals surface area contributed by atoms with Gasteiger partial charge in [-0.05, 0) is 31.0 Å². The van der Waals surface area contributed by atoms with Gasteiger partial charge in [-0.25, -0.2) is 13.4 Å². The molecular weight excluding hydrogens is 296 g/mol. The van der Waals surface area contributed by atoms with Gasteiger partial charge >= 0.3 is 5.97 Å². The van der Waals surface area contributed by atoms with Gasteiger partial charge in [0.2, 0.25) is 10.0 Å². The van der Waals surface area contributed by atoms with Crippen LogP contribution in [0.3, 0.4) is 0 Å². The minimum Gasteiger partial charge on any atom is -0.481 e. The number of hydrogen-bond donors (Lipinski definition) is 2. The molecule has 21 heavy (non-hydrogen) atoms. The van der Waals surface area contributed by atoms with Gasteiger partial charge in [-0.15, -0.1) is 0 Å². The number of sulfonamides is 1. The summed E-state index contributed by atoms with van der Waals surface area (Å²) in [6.45, 7) is 0. The SMILES string of the molecule is O=C(O)CCS(=O)(=O)Nc1ccc2oc(C3CC3)nc2c1. The zero-order valence-electron chi connectivity index (χ0n) is 11.1. The average Bonchev–Trinajstić information content (AvgIpc) is 3.16. The number of hydrogen-bond acceptors (Lipinski definition) is 5. The van der Waals surface area contributed by atoms with Crippen molar-refractivity contribution in [3.05, 3.63) is 24.1 Å². The molecule has 2 aromatic rings. The molecule has 3 rings (SSSR count). The number of carbonyl (C=O) groups is 1. The fourth-order valence-electron chi connectivity index (χ4n) is 1.97. The number of aliphatic carboxylic acids is 1. The zero-order chi connectivity index (χ0) is 15.0. The number of benzene rings is 1.